The number of aromatic amines is 1. The van der Waals surface area contributed by atoms with E-state index in [-0.39, 0.29) is 23.6 Å². The van der Waals surface area contributed by atoms with Crippen LogP contribution in [0.3, 0.4) is 0 Å². The second-order valence-corrected chi connectivity index (χ2v) is 9.80. The van der Waals surface area contributed by atoms with Gasteiger partial charge in [-0.2, -0.15) is 0 Å². The van der Waals surface area contributed by atoms with Gasteiger partial charge in [-0.1, -0.05) is 35.9 Å². The van der Waals surface area contributed by atoms with Crippen LogP contribution in [0.2, 0.25) is 4.34 Å². The molecule has 3 N–H and O–H groups in total. The number of H-pyrrole nitrogens is 1. The summed E-state index contributed by atoms with van der Waals surface area (Å²) in [5.74, 6) is -0.0488. The Hall–Kier alpha value is -2.51. The molecule has 30 heavy (non-hydrogen) atoms. The predicted molar refractivity (Wildman–Crippen MR) is 122 cm³/mol. The number of nitrogens with one attached hydrogen (secondary N) is 3. The lowest BCUT2D eigenvalue weighted by molar-refractivity contribution is 0.0541. The second kappa shape index (κ2) is 9.10. The van der Waals surface area contributed by atoms with Crippen molar-refractivity contribution in [2.45, 2.75) is 45.3 Å². The average molecular weight is 448 g/mol. The van der Waals surface area contributed by atoms with Crippen LogP contribution in [-0.2, 0) is 17.6 Å². The summed E-state index contributed by atoms with van der Waals surface area (Å²) in [6, 6.07) is 12.3. The average Bonchev–Trinajstić information content (AvgIpc) is 3.32. The van der Waals surface area contributed by atoms with Crippen molar-refractivity contribution in [3.8, 4) is 0 Å². The summed E-state index contributed by atoms with van der Waals surface area (Å²) < 4.78 is 5.57. The maximum atomic E-state index is 12.3. The molecule has 1 aliphatic carbocycles. The van der Waals surface area contributed by atoms with E-state index in [2.05, 4.69) is 27.8 Å². The molecule has 0 saturated heterocycles. The van der Waals surface area contributed by atoms with Crippen LogP contribution < -0.4 is 10.6 Å². The first-order chi connectivity index (χ1) is 14.1. The highest BCUT2D eigenvalue weighted by Crippen LogP contribution is 2.29. The van der Waals surface area contributed by atoms with Crippen molar-refractivity contribution in [1.82, 2.24) is 15.6 Å². The van der Waals surface area contributed by atoms with E-state index >= 15 is 0 Å². The van der Waals surface area contributed by atoms with Gasteiger partial charge in [0.1, 0.15) is 16.1 Å². The fraction of sp³-hybridized carbons (Fsp3) is 0.364. The van der Waals surface area contributed by atoms with Crippen LogP contribution in [0.25, 0.3) is 10.2 Å². The van der Waals surface area contributed by atoms with Gasteiger partial charge >= 0.3 is 6.09 Å². The van der Waals surface area contributed by atoms with Gasteiger partial charge in [-0.3, -0.25) is 4.79 Å². The maximum Gasteiger partial charge on any atom is 0.407 e. The molecule has 2 amide bonds. The molecule has 2 aromatic heterocycles. The summed E-state index contributed by atoms with van der Waals surface area (Å²) in [6.45, 7) is 5.46. The van der Waals surface area contributed by atoms with Crippen LogP contribution in [0, 0.1) is 0 Å². The summed E-state index contributed by atoms with van der Waals surface area (Å²) in [5.41, 5.74) is 2.88. The van der Waals surface area contributed by atoms with E-state index < -0.39 is 0 Å². The highest BCUT2D eigenvalue weighted by atomic mass is 35.5. The molecule has 3 aromatic rings. The first-order valence-electron chi connectivity index (χ1n) is 9.71. The molecule has 2 heterocycles. The van der Waals surface area contributed by atoms with Crippen molar-refractivity contribution in [3.63, 3.8) is 0 Å². The number of alkyl carbamates (subject to hydrolysis) is 1. The zero-order valence-electron chi connectivity index (χ0n) is 17.5. The van der Waals surface area contributed by atoms with Gasteiger partial charge in [0.05, 0.1) is 4.34 Å². The topological polar surface area (TPSA) is 83.2 Å². The molecule has 4 rings (SSSR count). The smallest absolute Gasteiger partial charge is 0.407 e. The third-order valence-corrected chi connectivity index (χ3v) is 5.71. The molecule has 1 aliphatic rings. The standard InChI is InChI=1S/C16H13ClN2OS.C6H13NO2/c17-14-8-11-7-13(19-16(11)21-14)15(20)18-12-5-9-3-1-2-4-10(9)6-12;1-6(2,3)9-5(8)7-4/h1-4,7-8,12,19H,5-6H2,(H,18,20);1-4H3,(H,7,8). The summed E-state index contributed by atoms with van der Waals surface area (Å²) >= 11 is 7.40. The monoisotopic (exact) mass is 447 g/mol. The normalized spacial score (nSPS) is 13.4. The van der Waals surface area contributed by atoms with Crippen LogP contribution in [0.1, 0.15) is 42.4 Å². The predicted octanol–water partition coefficient (Wildman–Crippen LogP) is 4.92. The third-order valence-electron chi connectivity index (χ3n) is 4.51. The van der Waals surface area contributed by atoms with E-state index in [0.717, 1.165) is 27.4 Å². The van der Waals surface area contributed by atoms with Gasteiger partial charge in [-0.25, -0.2) is 4.79 Å². The summed E-state index contributed by atoms with van der Waals surface area (Å²) in [6.07, 6.45) is 1.42. The number of ether oxygens (including phenoxy) is 1. The Morgan fingerprint density at radius 1 is 1.17 bits per heavy atom. The van der Waals surface area contributed by atoms with Crippen molar-refractivity contribution >= 4 is 45.2 Å². The van der Waals surface area contributed by atoms with Crippen molar-refractivity contribution in [2.24, 2.45) is 0 Å². The minimum Gasteiger partial charge on any atom is -0.444 e. The number of hydrogen-bond donors (Lipinski definition) is 3. The number of hydrogen-bond acceptors (Lipinski definition) is 4. The first kappa shape index (κ1) is 22.2. The lowest BCUT2D eigenvalue weighted by Gasteiger charge is -2.18. The Balaban J connectivity index is 0.000000244. The van der Waals surface area contributed by atoms with Crippen LogP contribution in [0.15, 0.2) is 36.4 Å². The van der Waals surface area contributed by atoms with E-state index in [4.69, 9.17) is 16.3 Å². The Morgan fingerprint density at radius 3 is 2.30 bits per heavy atom. The number of rotatable bonds is 2. The quantitative estimate of drug-likeness (QED) is 0.521. The fourth-order valence-electron chi connectivity index (χ4n) is 3.27. The van der Waals surface area contributed by atoms with Gasteiger partial charge in [0, 0.05) is 18.5 Å². The van der Waals surface area contributed by atoms with Crippen molar-refractivity contribution in [3.05, 3.63) is 57.6 Å². The molecule has 6 nitrogen and oxygen atoms in total. The molecule has 0 aliphatic heterocycles. The molecule has 0 unspecified atom stereocenters. The van der Waals surface area contributed by atoms with Crippen LogP contribution in [0.4, 0.5) is 4.79 Å². The molecule has 0 spiro atoms. The lowest BCUT2D eigenvalue weighted by Crippen LogP contribution is -2.35. The Morgan fingerprint density at radius 2 is 1.80 bits per heavy atom. The zero-order valence-corrected chi connectivity index (χ0v) is 19.0. The van der Waals surface area contributed by atoms with Gasteiger partial charge in [0.2, 0.25) is 0 Å². The van der Waals surface area contributed by atoms with Crippen LogP contribution >= 0.6 is 22.9 Å². The van der Waals surface area contributed by atoms with Crippen molar-refractivity contribution in [1.29, 1.82) is 0 Å². The summed E-state index contributed by atoms with van der Waals surface area (Å²) in [4.78, 5) is 26.9. The second-order valence-electron chi connectivity index (χ2n) is 8.12. The number of thiophene rings is 1. The maximum absolute atomic E-state index is 12.3. The van der Waals surface area contributed by atoms with Gasteiger partial charge in [-0.15, -0.1) is 11.3 Å². The van der Waals surface area contributed by atoms with Crippen LogP contribution in [-0.4, -0.2) is 35.7 Å². The molecule has 0 bridgehead atoms. The highest BCUT2D eigenvalue weighted by molar-refractivity contribution is 7.22. The molecule has 0 saturated carbocycles. The molecule has 160 valence electrons. The Bertz CT molecular complexity index is 995. The fourth-order valence-corrected chi connectivity index (χ4v) is 4.39. The first-order valence-corrected chi connectivity index (χ1v) is 10.9. The van der Waals surface area contributed by atoms with Gasteiger partial charge < -0.3 is 20.4 Å². The van der Waals surface area contributed by atoms with Gasteiger partial charge in [-0.05, 0) is 56.9 Å². The molecule has 1 aromatic carbocycles. The van der Waals surface area contributed by atoms with Gasteiger partial charge in [0.25, 0.3) is 5.91 Å². The van der Waals surface area contributed by atoms with E-state index in [1.54, 1.807) is 0 Å². The third kappa shape index (κ3) is 5.77. The molecule has 0 atom stereocenters. The van der Waals surface area contributed by atoms with E-state index in [0.29, 0.717) is 5.69 Å². The minimum atomic E-state index is -0.389. The van der Waals surface area contributed by atoms with Crippen molar-refractivity contribution < 1.29 is 14.3 Å². The summed E-state index contributed by atoms with van der Waals surface area (Å²) in [7, 11) is 1.54. The van der Waals surface area contributed by atoms with E-state index in [1.807, 2.05) is 45.0 Å². The molecule has 0 fully saturated rings. The van der Waals surface area contributed by atoms with Gasteiger partial charge in [0.15, 0.2) is 0 Å². The van der Waals surface area contributed by atoms with E-state index in [9.17, 15) is 9.59 Å². The Kier molecular flexibility index (Phi) is 6.73. The van der Waals surface area contributed by atoms with E-state index in [1.165, 1.54) is 29.5 Å². The Labute approximate surface area is 185 Å². The number of carbonyl (C=O) groups excluding carboxylic acids is 2. The number of halogens is 1. The molecule has 8 heteroatoms. The number of benzene rings is 1. The number of fused-ring (bicyclic) bond motifs is 2. The highest BCUT2D eigenvalue weighted by Gasteiger charge is 2.23. The number of aromatic nitrogens is 1. The largest absolute Gasteiger partial charge is 0.444 e. The lowest BCUT2D eigenvalue weighted by atomic mass is 10.1. The van der Waals surface area contributed by atoms with Crippen LogP contribution in [0.5, 0.6) is 0 Å². The minimum absolute atomic E-state index is 0.0488. The molecule has 0 radical (unpaired) electrons. The molecular weight excluding hydrogens is 422 g/mol. The zero-order chi connectivity index (χ0) is 21.9. The number of amides is 2. The number of carbonyl (C=O) groups is 2. The SMILES string of the molecule is CNC(=O)OC(C)(C)C.O=C(NC1Cc2ccccc2C1)c1cc2cc(Cl)sc2[nH]1. The summed E-state index contributed by atoms with van der Waals surface area (Å²) in [5, 5.41) is 6.46. The molecular formula is C22H26ClN3O3S. The van der Waals surface area contributed by atoms with Crippen molar-refractivity contribution in [2.75, 3.05) is 7.05 Å².